The van der Waals surface area contributed by atoms with Crippen LogP contribution in [0.15, 0.2) is 0 Å². The van der Waals surface area contributed by atoms with Crippen LogP contribution in [-0.2, 0) is 14.3 Å². The zero-order valence-corrected chi connectivity index (χ0v) is 13.1. The van der Waals surface area contributed by atoms with Crippen molar-refractivity contribution < 1.29 is 14.3 Å². The van der Waals surface area contributed by atoms with Crippen molar-refractivity contribution >= 4 is 11.9 Å². The van der Waals surface area contributed by atoms with E-state index in [2.05, 4.69) is 11.7 Å². The molecule has 1 rings (SSSR count). The van der Waals surface area contributed by atoms with E-state index in [1.54, 1.807) is 4.90 Å². The minimum atomic E-state index is -0.495. The summed E-state index contributed by atoms with van der Waals surface area (Å²) in [5.41, 5.74) is 5.43. The molecule has 0 aromatic carbocycles. The number of methoxy groups -OCH3 is 1. The Morgan fingerprint density at radius 1 is 1.35 bits per heavy atom. The molecule has 5 heteroatoms. The van der Waals surface area contributed by atoms with Crippen LogP contribution in [0, 0.1) is 11.3 Å². The number of hydrogen-bond donors (Lipinski definition) is 1. The Labute approximate surface area is 121 Å². The van der Waals surface area contributed by atoms with Crippen LogP contribution in [0.1, 0.15) is 46.5 Å². The topological polar surface area (TPSA) is 72.6 Å². The first-order chi connectivity index (χ1) is 9.36. The van der Waals surface area contributed by atoms with Gasteiger partial charge in [0.15, 0.2) is 0 Å². The molecule has 2 N–H and O–H groups in total. The molecule has 0 unspecified atom stereocenters. The standard InChI is InChI=1S/C15H28N2O3/c1-11(2)17(9-13(18)20-4)14(19)15(10-16)7-5-12(3)6-8-15/h11-12H,5-10,16H2,1-4H3. The molecule has 5 nitrogen and oxygen atoms in total. The summed E-state index contributed by atoms with van der Waals surface area (Å²) in [6.07, 6.45) is 3.67. The number of amides is 1. The van der Waals surface area contributed by atoms with Crippen molar-refractivity contribution in [1.29, 1.82) is 0 Å². The summed E-state index contributed by atoms with van der Waals surface area (Å²) in [6, 6.07) is -0.0376. The fourth-order valence-corrected chi connectivity index (χ4v) is 2.82. The highest BCUT2D eigenvalue weighted by atomic mass is 16.5. The van der Waals surface area contributed by atoms with Gasteiger partial charge in [0.05, 0.1) is 12.5 Å². The summed E-state index contributed by atoms with van der Waals surface area (Å²) >= 11 is 0. The molecule has 0 spiro atoms. The predicted octanol–water partition coefficient (Wildman–Crippen LogP) is 1.55. The molecule has 0 aromatic heterocycles. The normalized spacial score (nSPS) is 26.4. The van der Waals surface area contributed by atoms with Gasteiger partial charge < -0.3 is 15.4 Å². The quantitative estimate of drug-likeness (QED) is 0.777. The first-order valence-corrected chi connectivity index (χ1v) is 7.44. The zero-order chi connectivity index (χ0) is 15.3. The molecule has 1 saturated carbocycles. The molecule has 0 saturated heterocycles. The van der Waals surface area contributed by atoms with Crippen molar-refractivity contribution in [2.45, 2.75) is 52.5 Å². The zero-order valence-electron chi connectivity index (χ0n) is 13.1. The van der Waals surface area contributed by atoms with E-state index >= 15 is 0 Å². The molecule has 1 fully saturated rings. The van der Waals surface area contributed by atoms with Gasteiger partial charge in [-0.3, -0.25) is 9.59 Å². The van der Waals surface area contributed by atoms with E-state index in [0.717, 1.165) is 25.7 Å². The summed E-state index contributed by atoms with van der Waals surface area (Å²) in [4.78, 5) is 26.0. The van der Waals surface area contributed by atoms with Crippen molar-refractivity contribution in [3.05, 3.63) is 0 Å². The van der Waals surface area contributed by atoms with Crippen LogP contribution in [0.25, 0.3) is 0 Å². The van der Waals surface area contributed by atoms with Gasteiger partial charge >= 0.3 is 5.97 Å². The van der Waals surface area contributed by atoms with Crippen molar-refractivity contribution in [2.24, 2.45) is 17.1 Å². The number of nitrogens with two attached hydrogens (primary N) is 1. The summed E-state index contributed by atoms with van der Waals surface area (Å²) in [5.74, 6) is 0.270. The van der Waals surface area contributed by atoms with E-state index in [0.29, 0.717) is 12.5 Å². The molecule has 0 bridgehead atoms. The number of hydrogen-bond acceptors (Lipinski definition) is 4. The van der Waals surface area contributed by atoms with Gasteiger partial charge in [-0.15, -0.1) is 0 Å². The third-order valence-electron chi connectivity index (χ3n) is 4.49. The van der Waals surface area contributed by atoms with Crippen LogP contribution in [0.5, 0.6) is 0 Å². The van der Waals surface area contributed by atoms with Crippen molar-refractivity contribution in [3.63, 3.8) is 0 Å². The van der Waals surface area contributed by atoms with Crippen LogP contribution in [0.2, 0.25) is 0 Å². The third kappa shape index (κ3) is 3.72. The van der Waals surface area contributed by atoms with Crippen molar-refractivity contribution in [1.82, 2.24) is 4.90 Å². The van der Waals surface area contributed by atoms with Crippen molar-refractivity contribution in [2.75, 3.05) is 20.2 Å². The van der Waals surface area contributed by atoms with E-state index in [1.807, 2.05) is 13.8 Å². The van der Waals surface area contributed by atoms with Gasteiger partial charge in [-0.1, -0.05) is 6.92 Å². The average Bonchev–Trinajstić information content (AvgIpc) is 2.44. The Balaban J connectivity index is 2.88. The maximum absolute atomic E-state index is 12.9. The molecule has 1 aliphatic rings. The molecule has 0 atom stereocenters. The van der Waals surface area contributed by atoms with Gasteiger partial charge in [-0.05, 0) is 45.4 Å². The number of carbonyl (C=O) groups is 2. The number of nitrogens with zero attached hydrogens (tertiary/aromatic N) is 1. The largest absolute Gasteiger partial charge is 0.468 e. The van der Waals surface area contributed by atoms with Crippen LogP contribution < -0.4 is 5.73 Å². The van der Waals surface area contributed by atoms with Gasteiger partial charge in [0, 0.05) is 12.6 Å². The van der Waals surface area contributed by atoms with Gasteiger partial charge in [0.2, 0.25) is 5.91 Å². The maximum atomic E-state index is 12.9. The van der Waals surface area contributed by atoms with Crippen LogP contribution in [0.3, 0.4) is 0 Å². The SMILES string of the molecule is COC(=O)CN(C(=O)C1(CN)CCC(C)CC1)C(C)C. The fraction of sp³-hybridized carbons (Fsp3) is 0.867. The number of ether oxygens (including phenoxy) is 1. The Morgan fingerprint density at radius 3 is 2.30 bits per heavy atom. The van der Waals surface area contributed by atoms with Gasteiger partial charge in [0.1, 0.15) is 6.54 Å². The first kappa shape index (κ1) is 17.0. The minimum absolute atomic E-state index is 0.00427. The molecule has 0 aliphatic heterocycles. The monoisotopic (exact) mass is 284 g/mol. The number of esters is 1. The highest BCUT2D eigenvalue weighted by Crippen LogP contribution is 2.39. The van der Waals surface area contributed by atoms with Gasteiger partial charge in [-0.25, -0.2) is 0 Å². The Morgan fingerprint density at radius 2 is 1.90 bits per heavy atom. The molecule has 20 heavy (non-hydrogen) atoms. The highest BCUT2D eigenvalue weighted by Gasteiger charge is 2.43. The Hall–Kier alpha value is -1.10. The van der Waals surface area contributed by atoms with Gasteiger partial charge in [-0.2, -0.15) is 0 Å². The molecule has 0 heterocycles. The number of rotatable bonds is 5. The lowest BCUT2D eigenvalue weighted by Gasteiger charge is -2.41. The van der Waals surface area contributed by atoms with Crippen LogP contribution in [-0.4, -0.2) is 43.0 Å². The Bertz CT molecular complexity index is 347. The fourth-order valence-electron chi connectivity index (χ4n) is 2.82. The van der Waals surface area contributed by atoms with Crippen LogP contribution in [0.4, 0.5) is 0 Å². The molecule has 0 radical (unpaired) electrons. The van der Waals surface area contributed by atoms with E-state index in [4.69, 9.17) is 5.73 Å². The smallest absolute Gasteiger partial charge is 0.325 e. The molecule has 0 aromatic rings. The second-order valence-corrected chi connectivity index (χ2v) is 6.27. The summed E-state index contributed by atoms with van der Waals surface area (Å²) in [6.45, 7) is 6.39. The second kappa shape index (κ2) is 7.07. The molecular weight excluding hydrogens is 256 g/mol. The molecule has 116 valence electrons. The number of carbonyl (C=O) groups excluding carboxylic acids is 2. The first-order valence-electron chi connectivity index (χ1n) is 7.44. The lowest BCUT2D eigenvalue weighted by atomic mass is 9.70. The minimum Gasteiger partial charge on any atom is -0.468 e. The predicted molar refractivity (Wildman–Crippen MR) is 78.0 cm³/mol. The van der Waals surface area contributed by atoms with E-state index in [1.165, 1.54) is 7.11 Å². The lowest BCUT2D eigenvalue weighted by Crippen LogP contribution is -2.53. The average molecular weight is 284 g/mol. The van der Waals surface area contributed by atoms with E-state index in [-0.39, 0.29) is 24.5 Å². The lowest BCUT2D eigenvalue weighted by molar-refractivity contribution is -0.154. The molecular formula is C15H28N2O3. The summed E-state index contributed by atoms with van der Waals surface area (Å²) in [5, 5.41) is 0. The van der Waals surface area contributed by atoms with E-state index in [9.17, 15) is 9.59 Å². The Kier molecular flexibility index (Phi) is 5.99. The van der Waals surface area contributed by atoms with Crippen molar-refractivity contribution in [3.8, 4) is 0 Å². The summed E-state index contributed by atoms with van der Waals surface area (Å²) in [7, 11) is 1.34. The third-order valence-corrected chi connectivity index (χ3v) is 4.49. The highest BCUT2D eigenvalue weighted by molar-refractivity contribution is 5.87. The molecule has 1 aliphatic carbocycles. The molecule has 1 amide bonds. The van der Waals surface area contributed by atoms with Crippen LogP contribution >= 0.6 is 0 Å². The maximum Gasteiger partial charge on any atom is 0.325 e. The second-order valence-electron chi connectivity index (χ2n) is 6.27. The van der Waals surface area contributed by atoms with E-state index < -0.39 is 5.41 Å². The summed E-state index contributed by atoms with van der Waals surface area (Å²) < 4.78 is 4.69. The van der Waals surface area contributed by atoms with Gasteiger partial charge in [0.25, 0.3) is 0 Å².